The van der Waals surface area contributed by atoms with Crippen molar-refractivity contribution in [2.24, 2.45) is 11.8 Å². The highest BCUT2D eigenvalue weighted by molar-refractivity contribution is 5.85. The molecule has 0 N–H and O–H groups in total. The Balaban J connectivity index is 0.00000225. The molecule has 152 valence electrons. The van der Waals surface area contributed by atoms with E-state index >= 15 is 0 Å². The number of carbonyl (C=O) groups is 1. The molecule has 2 aliphatic heterocycles. The number of likely N-dealkylation sites (tertiary alicyclic amines) is 2. The summed E-state index contributed by atoms with van der Waals surface area (Å²) in [5.41, 5.74) is 3.04. The van der Waals surface area contributed by atoms with Crippen molar-refractivity contribution in [2.75, 3.05) is 33.8 Å². The lowest BCUT2D eigenvalue weighted by atomic mass is 9.89. The van der Waals surface area contributed by atoms with Crippen LogP contribution in [0.4, 0.5) is 0 Å². The summed E-state index contributed by atoms with van der Waals surface area (Å²) in [6, 6.07) is 8.68. The lowest BCUT2D eigenvalue weighted by molar-refractivity contribution is -0.129. The van der Waals surface area contributed by atoms with Crippen LogP contribution < -0.4 is 4.74 Å². The fourth-order valence-electron chi connectivity index (χ4n) is 4.78. The number of hydrogen-bond acceptors (Lipinski definition) is 5. The highest BCUT2D eigenvalue weighted by Crippen LogP contribution is 2.44. The SMILES string of the molecule is COc1ccc([C@H]2[C@@H]3CN(C(=O)Cc4c(C)noc4C)C[C@@H]3CN2C)cc1.Cl. The van der Waals surface area contributed by atoms with Gasteiger partial charge in [0.05, 0.1) is 19.2 Å². The van der Waals surface area contributed by atoms with Gasteiger partial charge in [0.1, 0.15) is 11.5 Å². The Morgan fingerprint density at radius 1 is 1.21 bits per heavy atom. The monoisotopic (exact) mass is 405 g/mol. The van der Waals surface area contributed by atoms with E-state index in [1.807, 2.05) is 30.9 Å². The van der Waals surface area contributed by atoms with Gasteiger partial charge >= 0.3 is 0 Å². The molecule has 3 atom stereocenters. The van der Waals surface area contributed by atoms with Gasteiger partial charge in [-0.15, -0.1) is 12.4 Å². The van der Waals surface area contributed by atoms with E-state index in [9.17, 15) is 4.79 Å². The predicted octanol–water partition coefficient (Wildman–Crippen LogP) is 3.03. The average Bonchev–Trinajstić information content (AvgIpc) is 3.29. The van der Waals surface area contributed by atoms with Crippen LogP contribution in [0.1, 0.15) is 28.6 Å². The van der Waals surface area contributed by atoms with Crippen molar-refractivity contribution in [3.05, 3.63) is 46.8 Å². The van der Waals surface area contributed by atoms with Gasteiger partial charge in [0.15, 0.2) is 0 Å². The molecule has 1 aromatic heterocycles. The Kier molecular flexibility index (Phi) is 6.01. The first kappa shape index (κ1) is 20.7. The first-order valence-electron chi connectivity index (χ1n) is 9.51. The smallest absolute Gasteiger partial charge is 0.227 e. The molecular weight excluding hydrogens is 378 g/mol. The maximum atomic E-state index is 12.9. The number of amides is 1. The van der Waals surface area contributed by atoms with E-state index in [4.69, 9.17) is 9.26 Å². The highest BCUT2D eigenvalue weighted by Gasteiger charge is 2.47. The lowest BCUT2D eigenvalue weighted by Gasteiger charge is -2.27. The van der Waals surface area contributed by atoms with Crippen LogP contribution in [0, 0.1) is 25.7 Å². The van der Waals surface area contributed by atoms with Crippen LogP contribution in [-0.4, -0.2) is 54.7 Å². The number of benzene rings is 1. The van der Waals surface area contributed by atoms with Crippen LogP contribution in [0.3, 0.4) is 0 Å². The van der Waals surface area contributed by atoms with E-state index in [-0.39, 0.29) is 18.3 Å². The first-order chi connectivity index (χ1) is 13.0. The number of aromatic nitrogens is 1. The number of hydrogen-bond donors (Lipinski definition) is 0. The van der Waals surface area contributed by atoms with Crippen molar-refractivity contribution in [1.29, 1.82) is 0 Å². The molecule has 2 saturated heterocycles. The Labute approximate surface area is 172 Å². The number of methoxy groups -OCH3 is 1. The third kappa shape index (κ3) is 3.63. The fourth-order valence-corrected chi connectivity index (χ4v) is 4.78. The summed E-state index contributed by atoms with van der Waals surface area (Å²) in [5.74, 6) is 2.79. The first-order valence-corrected chi connectivity index (χ1v) is 9.51. The molecule has 1 amide bonds. The van der Waals surface area contributed by atoms with E-state index in [2.05, 4.69) is 29.2 Å². The summed E-state index contributed by atoms with van der Waals surface area (Å²) in [5, 5.41) is 3.97. The van der Waals surface area contributed by atoms with Crippen molar-refractivity contribution in [3.63, 3.8) is 0 Å². The zero-order chi connectivity index (χ0) is 19.1. The van der Waals surface area contributed by atoms with Crippen molar-refractivity contribution in [2.45, 2.75) is 26.3 Å². The molecule has 7 heteroatoms. The molecule has 0 bridgehead atoms. The van der Waals surface area contributed by atoms with Gasteiger partial charge in [-0.1, -0.05) is 17.3 Å². The van der Waals surface area contributed by atoms with Crippen molar-refractivity contribution in [3.8, 4) is 5.75 Å². The van der Waals surface area contributed by atoms with Gasteiger partial charge in [0.25, 0.3) is 0 Å². The molecule has 0 radical (unpaired) electrons. The molecule has 2 fully saturated rings. The van der Waals surface area contributed by atoms with E-state index < -0.39 is 0 Å². The second-order valence-corrected chi connectivity index (χ2v) is 7.86. The van der Waals surface area contributed by atoms with Crippen molar-refractivity contribution >= 4 is 18.3 Å². The van der Waals surface area contributed by atoms with E-state index in [1.165, 1.54) is 5.56 Å². The molecule has 0 unspecified atom stereocenters. The number of ether oxygens (including phenoxy) is 1. The summed E-state index contributed by atoms with van der Waals surface area (Å²) in [7, 11) is 3.87. The van der Waals surface area contributed by atoms with Crippen LogP contribution in [0.2, 0.25) is 0 Å². The maximum Gasteiger partial charge on any atom is 0.227 e. The Hall–Kier alpha value is -2.05. The number of halogens is 1. The third-order valence-electron chi connectivity index (χ3n) is 6.21. The Morgan fingerprint density at radius 2 is 1.93 bits per heavy atom. The van der Waals surface area contributed by atoms with Crippen molar-refractivity contribution in [1.82, 2.24) is 15.0 Å². The summed E-state index contributed by atoms with van der Waals surface area (Å²) in [6.07, 6.45) is 0.379. The minimum absolute atomic E-state index is 0. The van der Waals surface area contributed by atoms with E-state index in [0.717, 1.165) is 42.4 Å². The molecule has 1 aromatic carbocycles. The summed E-state index contributed by atoms with van der Waals surface area (Å²) < 4.78 is 10.5. The largest absolute Gasteiger partial charge is 0.497 e. The van der Waals surface area contributed by atoms with Crippen LogP contribution in [-0.2, 0) is 11.2 Å². The predicted molar refractivity (Wildman–Crippen MR) is 109 cm³/mol. The molecule has 28 heavy (non-hydrogen) atoms. The number of nitrogens with zero attached hydrogens (tertiary/aromatic N) is 3. The molecule has 4 rings (SSSR count). The van der Waals surface area contributed by atoms with Gasteiger partial charge in [-0.25, -0.2) is 0 Å². The van der Waals surface area contributed by atoms with Gasteiger partial charge < -0.3 is 14.2 Å². The minimum Gasteiger partial charge on any atom is -0.497 e. The van der Waals surface area contributed by atoms with Crippen LogP contribution in [0.25, 0.3) is 0 Å². The molecular formula is C21H28ClN3O3. The van der Waals surface area contributed by atoms with Gasteiger partial charge in [0, 0.05) is 37.2 Å². The zero-order valence-corrected chi connectivity index (χ0v) is 17.7. The fraction of sp³-hybridized carbons (Fsp3) is 0.524. The molecule has 2 aromatic rings. The summed E-state index contributed by atoms with van der Waals surface area (Å²) >= 11 is 0. The molecule has 2 aliphatic rings. The van der Waals surface area contributed by atoms with Gasteiger partial charge in [-0.05, 0) is 44.5 Å². The topological polar surface area (TPSA) is 58.8 Å². The molecule has 0 saturated carbocycles. The molecule has 0 spiro atoms. The summed E-state index contributed by atoms with van der Waals surface area (Å²) in [4.78, 5) is 17.3. The molecule has 6 nitrogen and oxygen atoms in total. The third-order valence-corrected chi connectivity index (χ3v) is 6.21. The number of rotatable bonds is 4. The van der Waals surface area contributed by atoms with Gasteiger partial charge in [0.2, 0.25) is 5.91 Å². The Morgan fingerprint density at radius 3 is 2.54 bits per heavy atom. The average molecular weight is 406 g/mol. The number of aryl methyl sites for hydroxylation is 2. The standard InChI is InChI=1S/C21H27N3O3.ClH/c1-13-18(14(2)27-22-13)9-20(25)24-11-16-10-23(3)21(19(16)12-24)15-5-7-17(26-4)8-6-15;/h5-8,16,19,21H,9-12H2,1-4H3;1H/t16-,19+,21-;/m0./s1. The quantitative estimate of drug-likeness (QED) is 0.782. The number of carbonyl (C=O) groups excluding carboxylic acids is 1. The van der Waals surface area contributed by atoms with E-state index in [0.29, 0.717) is 24.3 Å². The van der Waals surface area contributed by atoms with E-state index in [1.54, 1.807) is 7.11 Å². The second-order valence-electron chi connectivity index (χ2n) is 7.86. The highest BCUT2D eigenvalue weighted by atomic mass is 35.5. The zero-order valence-electron chi connectivity index (χ0n) is 16.8. The lowest BCUT2D eigenvalue weighted by Crippen LogP contribution is -2.34. The van der Waals surface area contributed by atoms with Crippen LogP contribution >= 0.6 is 12.4 Å². The normalized spacial score (nSPS) is 24.1. The second kappa shape index (κ2) is 8.13. The van der Waals surface area contributed by atoms with Crippen LogP contribution in [0.15, 0.2) is 28.8 Å². The molecule has 3 heterocycles. The summed E-state index contributed by atoms with van der Waals surface area (Å²) in [6.45, 7) is 6.44. The van der Waals surface area contributed by atoms with Gasteiger partial charge in [-0.3, -0.25) is 9.69 Å². The van der Waals surface area contributed by atoms with Gasteiger partial charge in [-0.2, -0.15) is 0 Å². The molecule has 0 aliphatic carbocycles. The number of fused-ring (bicyclic) bond motifs is 1. The maximum absolute atomic E-state index is 12.9. The van der Waals surface area contributed by atoms with Crippen LogP contribution in [0.5, 0.6) is 5.75 Å². The Bertz CT molecular complexity index is 816. The minimum atomic E-state index is 0. The van der Waals surface area contributed by atoms with Crippen molar-refractivity contribution < 1.29 is 14.1 Å².